The molecule has 0 bridgehead atoms. The lowest BCUT2D eigenvalue weighted by Crippen LogP contribution is -2.61. The highest BCUT2D eigenvalue weighted by Crippen LogP contribution is 2.43. The van der Waals surface area contributed by atoms with E-state index in [0.29, 0.717) is 25.7 Å². The fourth-order valence-electron chi connectivity index (χ4n) is 3.47. The van der Waals surface area contributed by atoms with Crippen LogP contribution in [0.25, 0.3) is 0 Å². The van der Waals surface area contributed by atoms with Crippen molar-refractivity contribution in [1.29, 1.82) is 0 Å². The SMILES string of the molecule is O=C(O)C1CCC2(CCCCC2)N(C(=O)C(F)(F)F)C1. The van der Waals surface area contributed by atoms with Gasteiger partial charge >= 0.3 is 18.1 Å². The van der Waals surface area contributed by atoms with Gasteiger partial charge in [-0.1, -0.05) is 19.3 Å². The smallest absolute Gasteiger partial charge is 0.471 e. The molecule has 2 rings (SSSR count). The van der Waals surface area contributed by atoms with Crippen molar-refractivity contribution < 1.29 is 27.9 Å². The fourth-order valence-corrected chi connectivity index (χ4v) is 3.47. The summed E-state index contributed by atoms with van der Waals surface area (Å²) in [4.78, 5) is 23.5. The molecule has 0 aromatic heterocycles. The van der Waals surface area contributed by atoms with Crippen molar-refractivity contribution in [3.05, 3.63) is 0 Å². The third kappa shape index (κ3) is 2.76. The molecular weight excluding hydrogens is 275 g/mol. The van der Waals surface area contributed by atoms with E-state index in [1.54, 1.807) is 0 Å². The van der Waals surface area contributed by atoms with Gasteiger partial charge in [-0.25, -0.2) is 0 Å². The number of aliphatic carboxylic acids is 1. The quantitative estimate of drug-likeness (QED) is 0.808. The zero-order valence-corrected chi connectivity index (χ0v) is 11.1. The number of rotatable bonds is 1. The first-order chi connectivity index (χ1) is 9.26. The Hall–Kier alpha value is -1.27. The molecule has 0 radical (unpaired) electrons. The lowest BCUT2D eigenvalue weighted by Gasteiger charge is -2.51. The minimum Gasteiger partial charge on any atom is -0.481 e. The normalized spacial score (nSPS) is 26.6. The van der Waals surface area contributed by atoms with E-state index in [0.717, 1.165) is 24.2 Å². The number of halogens is 3. The maximum Gasteiger partial charge on any atom is 0.471 e. The molecule has 114 valence electrons. The van der Waals surface area contributed by atoms with Crippen molar-refractivity contribution in [3.63, 3.8) is 0 Å². The average molecular weight is 293 g/mol. The van der Waals surface area contributed by atoms with Crippen LogP contribution in [0.3, 0.4) is 0 Å². The molecule has 1 saturated heterocycles. The average Bonchev–Trinajstić information content (AvgIpc) is 2.38. The van der Waals surface area contributed by atoms with Gasteiger partial charge in [0.1, 0.15) is 0 Å². The highest BCUT2D eigenvalue weighted by Gasteiger charge is 2.53. The van der Waals surface area contributed by atoms with Gasteiger partial charge in [-0.05, 0) is 25.7 Å². The number of likely N-dealkylation sites (tertiary alicyclic amines) is 1. The molecule has 0 aromatic rings. The number of hydrogen-bond donors (Lipinski definition) is 1. The van der Waals surface area contributed by atoms with Gasteiger partial charge in [-0.15, -0.1) is 0 Å². The van der Waals surface area contributed by atoms with Crippen LogP contribution in [0.4, 0.5) is 13.2 Å². The van der Waals surface area contributed by atoms with Gasteiger partial charge in [0.25, 0.3) is 0 Å². The molecule has 20 heavy (non-hydrogen) atoms. The van der Waals surface area contributed by atoms with Gasteiger partial charge in [0.2, 0.25) is 0 Å². The molecule has 1 N–H and O–H groups in total. The Kier molecular flexibility index (Phi) is 3.97. The van der Waals surface area contributed by atoms with Crippen LogP contribution in [0.1, 0.15) is 44.9 Å². The van der Waals surface area contributed by atoms with Crippen LogP contribution >= 0.6 is 0 Å². The minimum atomic E-state index is -4.94. The Labute approximate surface area is 114 Å². The molecule has 2 fully saturated rings. The molecular formula is C13H18F3NO3. The lowest BCUT2D eigenvalue weighted by molar-refractivity contribution is -0.197. The number of amides is 1. The van der Waals surface area contributed by atoms with E-state index in [1.807, 2.05) is 0 Å². The van der Waals surface area contributed by atoms with Crippen LogP contribution < -0.4 is 0 Å². The van der Waals surface area contributed by atoms with Crippen LogP contribution in [0.2, 0.25) is 0 Å². The number of carboxylic acid groups (broad SMARTS) is 1. The van der Waals surface area contributed by atoms with E-state index in [-0.39, 0.29) is 6.54 Å². The van der Waals surface area contributed by atoms with E-state index < -0.39 is 29.5 Å². The molecule has 1 saturated carbocycles. The summed E-state index contributed by atoms with van der Waals surface area (Å²) in [7, 11) is 0. The van der Waals surface area contributed by atoms with Crippen molar-refractivity contribution in [1.82, 2.24) is 4.90 Å². The molecule has 2 aliphatic rings. The van der Waals surface area contributed by atoms with Gasteiger partial charge < -0.3 is 10.0 Å². The summed E-state index contributed by atoms with van der Waals surface area (Å²) in [5.74, 6) is -3.91. The van der Waals surface area contributed by atoms with E-state index >= 15 is 0 Å². The first-order valence-corrected chi connectivity index (χ1v) is 6.88. The zero-order chi connectivity index (χ0) is 15.0. The van der Waals surface area contributed by atoms with Gasteiger partial charge in [-0.2, -0.15) is 13.2 Å². The number of hydrogen-bond acceptors (Lipinski definition) is 2. The number of carbonyl (C=O) groups excluding carboxylic acids is 1. The number of carboxylic acids is 1. The van der Waals surface area contributed by atoms with Gasteiger partial charge in [0.05, 0.1) is 5.92 Å². The van der Waals surface area contributed by atoms with Crippen molar-refractivity contribution >= 4 is 11.9 Å². The molecule has 4 nitrogen and oxygen atoms in total. The second-order valence-electron chi connectivity index (χ2n) is 5.77. The summed E-state index contributed by atoms with van der Waals surface area (Å²) in [6.45, 7) is -0.326. The fraction of sp³-hybridized carbons (Fsp3) is 0.846. The zero-order valence-electron chi connectivity index (χ0n) is 11.1. The van der Waals surface area contributed by atoms with Crippen molar-refractivity contribution in [2.24, 2.45) is 5.92 Å². The Balaban J connectivity index is 2.27. The predicted octanol–water partition coefficient (Wildman–Crippen LogP) is 2.57. The molecule has 1 spiro atoms. The van der Waals surface area contributed by atoms with Gasteiger partial charge in [-0.3, -0.25) is 9.59 Å². The second-order valence-corrected chi connectivity index (χ2v) is 5.77. The van der Waals surface area contributed by atoms with E-state index in [1.165, 1.54) is 0 Å². The molecule has 1 atom stereocenters. The predicted molar refractivity (Wildman–Crippen MR) is 63.9 cm³/mol. The maximum atomic E-state index is 12.8. The summed E-state index contributed by atoms with van der Waals surface area (Å²) < 4.78 is 38.3. The Morgan fingerprint density at radius 3 is 2.20 bits per heavy atom. The summed E-state index contributed by atoms with van der Waals surface area (Å²) in [6.07, 6.45) is -0.618. The van der Waals surface area contributed by atoms with E-state index in [2.05, 4.69) is 0 Å². The van der Waals surface area contributed by atoms with Crippen molar-refractivity contribution in [2.75, 3.05) is 6.54 Å². The monoisotopic (exact) mass is 293 g/mol. The first kappa shape index (κ1) is 15.1. The molecule has 1 heterocycles. The molecule has 1 unspecified atom stereocenters. The maximum absolute atomic E-state index is 12.8. The number of alkyl halides is 3. The highest BCUT2D eigenvalue weighted by atomic mass is 19.4. The topological polar surface area (TPSA) is 57.6 Å². The third-order valence-electron chi connectivity index (χ3n) is 4.55. The van der Waals surface area contributed by atoms with E-state index in [9.17, 15) is 22.8 Å². The molecule has 0 aromatic carbocycles. The summed E-state index contributed by atoms with van der Waals surface area (Å²) in [5, 5.41) is 9.01. The highest BCUT2D eigenvalue weighted by molar-refractivity contribution is 5.83. The Bertz CT molecular complexity index is 402. The van der Waals surface area contributed by atoms with Gasteiger partial charge in [0, 0.05) is 12.1 Å². The number of nitrogens with zero attached hydrogens (tertiary/aromatic N) is 1. The van der Waals surface area contributed by atoms with Crippen LogP contribution in [0.5, 0.6) is 0 Å². The summed E-state index contributed by atoms with van der Waals surface area (Å²) in [6, 6.07) is 0. The lowest BCUT2D eigenvalue weighted by atomic mass is 9.72. The largest absolute Gasteiger partial charge is 0.481 e. The number of carbonyl (C=O) groups is 2. The molecule has 1 amide bonds. The van der Waals surface area contributed by atoms with Gasteiger partial charge in [0.15, 0.2) is 0 Å². The number of piperidine rings is 1. The third-order valence-corrected chi connectivity index (χ3v) is 4.55. The Morgan fingerprint density at radius 2 is 1.70 bits per heavy atom. The summed E-state index contributed by atoms with van der Waals surface area (Å²) >= 11 is 0. The Morgan fingerprint density at radius 1 is 1.10 bits per heavy atom. The first-order valence-electron chi connectivity index (χ1n) is 6.88. The summed E-state index contributed by atoms with van der Waals surface area (Å²) in [5.41, 5.74) is -0.781. The molecule has 1 aliphatic carbocycles. The van der Waals surface area contributed by atoms with Crippen molar-refractivity contribution in [2.45, 2.75) is 56.7 Å². The van der Waals surface area contributed by atoms with Crippen LogP contribution in [-0.4, -0.2) is 40.1 Å². The molecule has 7 heteroatoms. The standard InChI is InChI=1S/C13H18F3NO3/c14-13(15,16)11(20)17-8-9(10(18)19)4-7-12(17)5-2-1-3-6-12/h9H,1-8H2,(H,18,19). The van der Waals surface area contributed by atoms with Crippen LogP contribution in [0, 0.1) is 5.92 Å². The van der Waals surface area contributed by atoms with Crippen molar-refractivity contribution in [3.8, 4) is 0 Å². The second kappa shape index (κ2) is 5.26. The van der Waals surface area contributed by atoms with Crippen LogP contribution in [0.15, 0.2) is 0 Å². The van der Waals surface area contributed by atoms with E-state index in [4.69, 9.17) is 5.11 Å². The van der Waals surface area contributed by atoms with Crippen LogP contribution in [-0.2, 0) is 9.59 Å². The molecule has 1 aliphatic heterocycles. The minimum absolute atomic E-state index is 0.326.